The Morgan fingerprint density at radius 1 is 1.41 bits per heavy atom. The molecule has 1 aromatic rings. The Morgan fingerprint density at radius 2 is 2.24 bits per heavy atom. The van der Waals surface area contributed by atoms with Crippen molar-refractivity contribution >= 4 is 0 Å². The number of hydrogen-bond acceptors (Lipinski definition) is 4. The van der Waals surface area contributed by atoms with E-state index in [-0.39, 0.29) is 0 Å². The van der Waals surface area contributed by atoms with Gasteiger partial charge in [-0.05, 0) is 32.1 Å². The Kier molecular flexibility index (Phi) is 4.59. The molecule has 1 aliphatic rings. The Bertz CT molecular complexity index is 332. The van der Waals surface area contributed by atoms with Gasteiger partial charge >= 0.3 is 0 Å². The minimum atomic E-state index is 0.539. The third-order valence-electron chi connectivity index (χ3n) is 3.20. The van der Waals surface area contributed by atoms with Crippen LogP contribution in [0.4, 0.5) is 0 Å². The van der Waals surface area contributed by atoms with Crippen LogP contribution in [-0.4, -0.2) is 37.7 Å². The van der Waals surface area contributed by atoms with Crippen LogP contribution in [0.3, 0.4) is 0 Å². The van der Waals surface area contributed by atoms with Gasteiger partial charge in [-0.15, -0.1) is 0 Å². The molecular weight excluding hydrogens is 216 g/mol. The van der Waals surface area contributed by atoms with Gasteiger partial charge in [-0.2, -0.15) is 0 Å². The van der Waals surface area contributed by atoms with E-state index in [0.29, 0.717) is 6.04 Å². The molecule has 0 aliphatic carbocycles. The molecule has 1 aliphatic heterocycles. The zero-order valence-corrected chi connectivity index (χ0v) is 10.7. The van der Waals surface area contributed by atoms with E-state index in [1.54, 1.807) is 0 Å². The van der Waals surface area contributed by atoms with E-state index >= 15 is 0 Å². The Labute approximate surface area is 103 Å². The van der Waals surface area contributed by atoms with Gasteiger partial charge in [0.1, 0.15) is 11.5 Å². The van der Waals surface area contributed by atoms with E-state index in [1.807, 2.05) is 0 Å². The van der Waals surface area contributed by atoms with E-state index in [9.17, 15) is 0 Å². The van der Waals surface area contributed by atoms with Crippen molar-refractivity contribution in [3.63, 3.8) is 0 Å². The number of nitrogens with one attached hydrogen (secondary N) is 1. The van der Waals surface area contributed by atoms with Crippen molar-refractivity contribution in [2.45, 2.75) is 32.5 Å². The smallest absolute Gasteiger partial charge is 0.118 e. The minimum absolute atomic E-state index is 0.539. The molecule has 1 fully saturated rings. The summed E-state index contributed by atoms with van der Waals surface area (Å²) in [4.78, 5) is 2.31. The first kappa shape index (κ1) is 12.6. The van der Waals surface area contributed by atoms with E-state index in [0.717, 1.165) is 50.8 Å². The predicted octanol–water partition coefficient (Wildman–Crippen LogP) is 1.61. The van der Waals surface area contributed by atoms with E-state index in [1.165, 1.54) is 0 Å². The van der Waals surface area contributed by atoms with Crippen LogP contribution in [0.5, 0.6) is 0 Å². The van der Waals surface area contributed by atoms with Crippen molar-refractivity contribution in [2.24, 2.45) is 0 Å². The molecule has 1 saturated heterocycles. The summed E-state index contributed by atoms with van der Waals surface area (Å²) >= 11 is 0. The van der Waals surface area contributed by atoms with Crippen LogP contribution in [0.15, 0.2) is 16.5 Å². The summed E-state index contributed by atoms with van der Waals surface area (Å²) in [5.41, 5.74) is 0. The lowest BCUT2D eigenvalue weighted by Gasteiger charge is -2.21. The van der Waals surface area contributed by atoms with Gasteiger partial charge in [-0.3, -0.25) is 4.90 Å². The maximum Gasteiger partial charge on any atom is 0.118 e. The number of ether oxygens (including phenoxy) is 1. The van der Waals surface area contributed by atoms with Crippen molar-refractivity contribution in [3.05, 3.63) is 23.7 Å². The molecule has 0 aromatic carbocycles. The predicted molar refractivity (Wildman–Crippen MR) is 66.8 cm³/mol. The molecule has 1 unspecified atom stereocenters. The lowest BCUT2D eigenvalue weighted by atomic mass is 10.2. The number of nitrogens with zero attached hydrogens (tertiary/aromatic N) is 1. The highest BCUT2D eigenvalue weighted by Gasteiger charge is 2.20. The third kappa shape index (κ3) is 3.56. The first-order chi connectivity index (χ1) is 8.29. The van der Waals surface area contributed by atoms with Crippen molar-refractivity contribution in [3.8, 4) is 0 Å². The highest BCUT2D eigenvalue weighted by atomic mass is 16.5. The van der Waals surface area contributed by atoms with E-state index in [2.05, 4.69) is 36.3 Å². The second kappa shape index (κ2) is 6.19. The van der Waals surface area contributed by atoms with Crippen LogP contribution in [0.25, 0.3) is 0 Å². The maximum atomic E-state index is 5.77. The molecule has 2 rings (SSSR count). The molecule has 1 atom stereocenters. The number of furan rings is 1. The molecule has 0 saturated carbocycles. The summed E-state index contributed by atoms with van der Waals surface area (Å²) in [5.74, 6) is 2.05. The summed E-state index contributed by atoms with van der Waals surface area (Å²) in [6.07, 6.45) is 1.13. The fraction of sp³-hybridized carbons (Fsp3) is 0.692. The summed E-state index contributed by atoms with van der Waals surface area (Å²) in [6, 6.07) is 4.66. The second-order valence-corrected chi connectivity index (χ2v) is 4.58. The molecule has 1 aromatic heterocycles. The molecule has 4 nitrogen and oxygen atoms in total. The molecule has 96 valence electrons. The van der Waals surface area contributed by atoms with Crippen molar-refractivity contribution in [2.75, 3.05) is 26.8 Å². The lowest BCUT2D eigenvalue weighted by molar-refractivity contribution is 0.151. The van der Waals surface area contributed by atoms with Crippen LogP contribution in [0.1, 0.15) is 24.9 Å². The van der Waals surface area contributed by atoms with Gasteiger partial charge in [0.05, 0.1) is 19.7 Å². The monoisotopic (exact) mass is 238 g/mol. The largest absolute Gasteiger partial charge is 0.463 e. The Balaban J connectivity index is 1.83. The summed E-state index contributed by atoms with van der Waals surface area (Å²) in [5, 5.41) is 3.26. The molecule has 0 spiro atoms. The van der Waals surface area contributed by atoms with Crippen molar-refractivity contribution < 1.29 is 9.15 Å². The number of likely N-dealkylation sites (N-methyl/N-ethyl adjacent to an activating group) is 1. The van der Waals surface area contributed by atoms with Crippen LogP contribution in [0.2, 0.25) is 0 Å². The van der Waals surface area contributed by atoms with Gasteiger partial charge in [0.15, 0.2) is 0 Å². The first-order valence-corrected chi connectivity index (χ1v) is 6.36. The van der Waals surface area contributed by atoms with Gasteiger partial charge in [0.25, 0.3) is 0 Å². The zero-order valence-electron chi connectivity index (χ0n) is 10.7. The van der Waals surface area contributed by atoms with Crippen LogP contribution >= 0.6 is 0 Å². The van der Waals surface area contributed by atoms with Gasteiger partial charge in [0, 0.05) is 12.6 Å². The Morgan fingerprint density at radius 3 is 2.94 bits per heavy atom. The molecule has 2 heterocycles. The number of rotatable bonds is 6. The van der Waals surface area contributed by atoms with Gasteiger partial charge in [-0.1, -0.05) is 6.92 Å². The fourth-order valence-electron chi connectivity index (χ4n) is 2.10. The van der Waals surface area contributed by atoms with Crippen molar-refractivity contribution in [1.82, 2.24) is 10.2 Å². The highest BCUT2D eigenvalue weighted by molar-refractivity contribution is 5.07. The van der Waals surface area contributed by atoms with Gasteiger partial charge in [-0.25, -0.2) is 0 Å². The van der Waals surface area contributed by atoms with Crippen LogP contribution in [-0.2, 0) is 17.8 Å². The Hall–Kier alpha value is -0.840. The molecule has 0 bridgehead atoms. The summed E-state index contributed by atoms with van der Waals surface area (Å²) in [7, 11) is 2.13. The van der Waals surface area contributed by atoms with Gasteiger partial charge in [0.2, 0.25) is 0 Å². The lowest BCUT2D eigenvalue weighted by Crippen LogP contribution is -2.31. The molecule has 1 N–H and O–H groups in total. The molecule has 0 amide bonds. The quantitative estimate of drug-likeness (QED) is 0.817. The van der Waals surface area contributed by atoms with Crippen LogP contribution in [0, 0.1) is 0 Å². The number of hydrogen-bond donors (Lipinski definition) is 1. The SMILES string of the molecule is CCNCc1ccc(CN(C)C2CCOC2)o1. The highest BCUT2D eigenvalue weighted by Crippen LogP contribution is 2.15. The molecular formula is C13H22N2O2. The third-order valence-corrected chi connectivity index (χ3v) is 3.20. The fourth-order valence-corrected chi connectivity index (χ4v) is 2.10. The van der Waals surface area contributed by atoms with E-state index < -0.39 is 0 Å². The van der Waals surface area contributed by atoms with E-state index in [4.69, 9.17) is 9.15 Å². The zero-order chi connectivity index (χ0) is 12.1. The van der Waals surface area contributed by atoms with Crippen molar-refractivity contribution in [1.29, 1.82) is 0 Å². The topological polar surface area (TPSA) is 37.6 Å². The average molecular weight is 238 g/mol. The maximum absolute atomic E-state index is 5.77. The summed E-state index contributed by atoms with van der Waals surface area (Å²) < 4.78 is 11.2. The standard InChI is InChI=1S/C13H22N2O2/c1-3-14-8-12-4-5-13(17-12)9-15(2)11-6-7-16-10-11/h4-5,11,14H,3,6-10H2,1-2H3. The molecule has 4 heteroatoms. The second-order valence-electron chi connectivity index (χ2n) is 4.58. The first-order valence-electron chi connectivity index (χ1n) is 6.36. The molecule has 17 heavy (non-hydrogen) atoms. The summed E-state index contributed by atoms with van der Waals surface area (Å²) in [6.45, 7) is 6.47. The molecule has 0 radical (unpaired) electrons. The van der Waals surface area contributed by atoms with Gasteiger partial charge < -0.3 is 14.5 Å². The van der Waals surface area contributed by atoms with Crippen LogP contribution < -0.4 is 5.32 Å². The normalized spacial score (nSPS) is 20.3. The minimum Gasteiger partial charge on any atom is -0.463 e. The average Bonchev–Trinajstić information content (AvgIpc) is 2.97.